The summed E-state index contributed by atoms with van der Waals surface area (Å²) in [7, 11) is 0. The molecule has 0 heterocycles. The average molecular weight is 139 g/mol. The van der Waals surface area contributed by atoms with Crippen molar-refractivity contribution in [1.82, 2.24) is 0 Å². The third kappa shape index (κ3) is 6.32. The third-order valence-corrected chi connectivity index (χ3v) is 0.814. The van der Waals surface area contributed by atoms with Gasteiger partial charge >= 0.3 is 0 Å². The van der Waals surface area contributed by atoms with E-state index in [4.69, 9.17) is 23.2 Å². The Balaban J connectivity index is 3.08. The van der Waals surface area contributed by atoms with Crippen LogP contribution in [0.5, 0.6) is 0 Å². The summed E-state index contributed by atoms with van der Waals surface area (Å²) in [6.45, 7) is 1.89. The maximum Gasteiger partial charge on any atom is 0.0488 e. The fourth-order valence-corrected chi connectivity index (χ4v) is 0.445. The smallest absolute Gasteiger partial charge is 0.0488 e. The SMILES string of the molecule is C[C@H](Cl)/C=C/CCl. The van der Waals surface area contributed by atoms with Crippen molar-refractivity contribution in [3.63, 3.8) is 0 Å². The molecule has 1 atom stereocenters. The minimum Gasteiger partial charge on any atom is -0.122 e. The van der Waals surface area contributed by atoms with Gasteiger partial charge in [-0.2, -0.15) is 0 Å². The summed E-state index contributed by atoms with van der Waals surface area (Å²) in [4.78, 5) is 0. The molecule has 0 radical (unpaired) electrons. The largest absolute Gasteiger partial charge is 0.122 e. The van der Waals surface area contributed by atoms with Crippen LogP contribution in [0.15, 0.2) is 12.2 Å². The first-order valence-electron chi connectivity index (χ1n) is 2.14. The highest BCUT2D eigenvalue weighted by Crippen LogP contribution is 1.94. The van der Waals surface area contributed by atoms with E-state index in [9.17, 15) is 0 Å². The van der Waals surface area contributed by atoms with Gasteiger partial charge in [-0.25, -0.2) is 0 Å². The van der Waals surface area contributed by atoms with Crippen LogP contribution in [-0.4, -0.2) is 11.3 Å². The van der Waals surface area contributed by atoms with E-state index in [1.165, 1.54) is 0 Å². The van der Waals surface area contributed by atoms with Crippen LogP contribution < -0.4 is 0 Å². The van der Waals surface area contributed by atoms with Crippen LogP contribution in [0.25, 0.3) is 0 Å². The van der Waals surface area contributed by atoms with E-state index < -0.39 is 0 Å². The lowest BCUT2D eigenvalue weighted by Crippen LogP contribution is -1.79. The second-order valence-corrected chi connectivity index (χ2v) is 2.26. The van der Waals surface area contributed by atoms with Gasteiger partial charge in [-0.05, 0) is 6.92 Å². The first-order valence-corrected chi connectivity index (χ1v) is 3.11. The summed E-state index contributed by atoms with van der Waals surface area (Å²) in [5.74, 6) is 0.553. The molecule has 0 spiro atoms. The van der Waals surface area contributed by atoms with Gasteiger partial charge in [0.05, 0.1) is 0 Å². The highest BCUT2D eigenvalue weighted by Gasteiger charge is 1.81. The van der Waals surface area contributed by atoms with Gasteiger partial charge in [-0.3, -0.25) is 0 Å². The maximum absolute atomic E-state index is 5.51. The van der Waals surface area contributed by atoms with Gasteiger partial charge in [0, 0.05) is 11.3 Å². The van der Waals surface area contributed by atoms with Crippen molar-refractivity contribution in [3.8, 4) is 0 Å². The predicted molar refractivity (Wildman–Crippen MR) is 35.2 cm³/mol. The zero-order valence-corrected chi connectivity index (χ0v) is 5.71. The first kappa shape index (κ1) is 7.32. The Morgan fingerprint density at radius 2 is 2.29 bits per heavy atom. The van der Waals surface area contributed by atoms with Crippen LogP contribution in [0, 0.1) is 0 Å². The molecule has 0 bridgehead atoms. The zero-order valence-electron chi connectivity index (χ0n) is 4.20. The van der Waals surface area contributed by atoms with Gasteiger partial charge < -0.3 is 0 Å². The summed E-state index contributed by atoms with van der Waals surface area (Å²) in [6, 6.07) is 0. The van der Waals surface area contributed by atoms with E-state index >= 15 is 0 Å². The van der Waals surface area contributed by atoms with Crippen molar-refractivity contribution >= 4 is 23.2 Å². The highest BCUT2D eigenvalue weighted by atomic mass is 35.5. The van der Waals surface area contributed by atoms with Crippen LogP contribution in [0.3, 0.4) is 0 Å². The summed E-state index contributed by atoms with van der Waals surface area (Å²) in [5.41, 5.74) is 0. The Morgan fingerprint density at radius 3 is 2.43 bits per heavy atom. The Hall–Kier alpha value is 0.320. The van der Waals surface area contributed by atoms with E-state index in [-0.39, 0.29) is 5.38 Å². The fraction of sp³-hybridized carbons (Fsp3) is 0.600. The monoisotopic (exact) mass is 138 g/mol. The molecule has 0 aliphatic heterocycles. The van der Waals surface area contributed by atoms with Crippen LogP contribution >= 0.6 is 23.2 Å². The van der Waals surface area contributed by atoms with Crippen molar-refractivity contribution in [2.45, 2.75) is 12.3 Å². The van der Waals surface area contributed by atoms with Crippen molar-refractivity contribution in [2.75, 3.05) is 5.88 Å². The molecule has 0 aromatic carbocycles. The van der Waals surface area contributed by atoms with Gasteiger partial charge in [0.2, 0.25) is 0 Å². The fourth-order valence-electron chi connectivity index (χ4n) is 0.239. The number of hydrogen-bond donors (Lipinski definition) is 0. The molecular weight excluding hydrogens is 131 g/mol. The van der Waals surface area contributed by atoms with E-state index in [1.54, 1.807) is 0 Å². The predicted octanol–water partition coefficient (Wildman–Crippen LogP) is 2.41. The lowest BCUT2D eigenvalue weighted by atomic mass is 10.4. The minimum absolute atomic E-state index is 0.110. The van der Waals surface area contributed by atoms with Crippen molar-refractivity contribution < 1.29 is 0 Å². The Kier molecular flexibility index (Phi) is 4.68. The quantitative estimate of drug-likeness (QED) is 0.407. The number of alkyl halides is 2. The van der Waals surface area contributed by atoms with Crippen LogP contribution in [0.1, 0.15) is 6.92 Å². The molecule has 0 aliphatic rings. The number of allylic oxidation sites excluding steroid dienone is 2. The molecule has 0 saturated carbocycles. The Morgan fingerprint density at radius 1 is 1.71 bits per heavy atom. The second-order valence-electron chi connectivity index (χ2n) is 1.26. The molecule has 0 saturated heterocycles. The molecule has 0 aromatic heterocycles. The third-order valence-electron chi connectivity index (χ3n) is 0.490. The van der Waals surface area contributed by atoms with Gasteiger partial charge in [0.25, 0.3) is 0 Å². The molecule has 7 heavy (non-hydrogen) atoms. The summed E-state index contributed by atoms with van der Waals surface area (Å²) >= 11 is 10.8. The standard InChI is InChI=1S/C5H8Cl2/c1-5(7)3-2-4-6/h2-3,5H,4H2,1H3/b3-2+/t5-/m0/s1. The molecule has 0 nitrogen and oxygen atoms in total. The maximum atomic E-state index is 5.51. The number of hydrogen-bond acceptors (Lipinski definition) is 0. The molecule has 42 valence electrons. The van der Waals surface area contributed by atoms with E-state index in [0.29, 0.717) is 5.88 Å². The number of rotatable bonds is 2. The second kappa shape index (κ2) is 4.48. The van der Waals surface area contributed by atoms with Crippen LogP contribution in [0.4, 0.5) is 0 Å². The van der Waals surface area contributed by atoms with Gasteiger partial charge in [-0.15, -0.1) is 23.2 Å². The average Bonchev–Trinajstić information content (AvgIpc) is 1.61. The van der Waals surface area contributed by atoms with Crippen molar-refractivity contribution in [2.24, 2.45) is 0 Å². The van der Waals surface area contributed by atoms with Gasteiger partial charge in [-0.1, -0.05) is 12.2 Å². The summed E-state index contributed by atoms with van der Waals surface area (Å²) < 4.78 is 0. The molecule has 0 aromatic rings. The first-order chi connectivity index (χ1) is 3.27. The highest BCUT2D eigenvalue weighted by molar-refractivity contribution is 6.22. The molecule has 0 N–H and O–H groups in total. The number of halogens is 2. The molecule has 0 aliphatic carbocycles. The molecule has 2 heteroatoms. The Labute approximate surface area is 54.1 Å². The van der Waals surface area contributed by atoms with Crippen LogP contribution in [-0.2, 0) is 0 Å². The van der Waals surface area contributed by atoms with E-state index in [1.807, 2.05) is 19.1 Å². The molecule has 0 fully saturated rings. The molecule has 0 unspecified atom stereocenters. The summed E-state index contributed by atoms with van der Waals surface area (Å²) in [6.07, 6.45) is 3.69. The normalized spacial score (nSPS) is 15.3. The van der Waals surface area contributed by atoms with E-state index in [0.717, 1.165) is 0 Å². The molecule has 0 rings (SSSR count). The molecule has 0 amide bonds. The van der Waals surface area contributed by atoms with E-state index in [2.05, 4.69) is 0 Å². The van der Waals surface area contributed by atoms with Gasteiger partial charge in [0.15, 0.2) is 0 Å². The topological polar surface area (TPSA) is 0 Å². The van der Waals surface area contributed by atoms with Crippen molar-refractivity contribution in [1.29, 1.82) is 0 Å². The molecular formula is C5H8Cl2. The lowest BCUT2D eigenvalue weighted by molar-refractivity contribution is 1.22. The lowest BCUT2D eigenvalue weighted by Gasteiger charge is -1.85. The van der Waals surface area contributed by atoms with Gasteiger partial charge in [0.1, 0.15) is 0 Å². The Bertz CT molecular complexity index is 57.1. The summed E-state index contributed by atoms with van der Waals surface area (Å²) in [5, 5.41) is 0.110. The van der Waals surface area contributed by atoms with Crippen molar-refractivity contribution in [3.05, 3.63) is 12.2 Å². The minimum atomic E-state index is 0.110. The van der Waals surface area contributed by atoms with Crippen LogP contribution in [0.2, 0.25) is 0 Å². The zero-order chi connectivity index (χ0) is 5.70.